The van der Waals surface area contributed by atoms with Crippen LogP contribution in [0.15, 0.2) is 0 Å². The van der Waals surface area contributed by atoms with E-state index in [1.807, 2.05) is 12.4 Å². The van der Waals surface area contributed by atoms with E-state index in [0.717, 1.165) is 19.3 Å². The first-order valence-electron chi connectivity index (χ1n) is 19.1. The number of aliphatic hydroxyl groups is 1. The highest BCUT2D eigenvalue weighted by Crippen LogP contribution is 2.25. The van der Waals surface area contributed by atoms with Gasteiger partial charge in [-0.25, -0.2) is 4.79 Å². The van der Waals surface area contributed by atoms with Crippen molar-refractivity contribution in [1.82, 2.24) is 36.4 Å². The van der Waals surface area contributed by atoms with Gasteiger partial charge in [0.05, 0.1) is 12.8 Å². The summed E-state index contributed by atoms with van der Waals surface area (Å²) in [6.45, 7) is 1.62. The molecule has 6 atom stereocenters. The second kappa shape index (κ2) is 26.8. The molecule has 0 saturated carbocycles. The number of aldehydes is 1. The van der Waals surface area contributed by atoms with E-state index in [4.69, 9.17) is 5.11 Å². The molecule has 0 radical (unpaired) electrons. The number of hydrogen-bond donors (Lipinski definition) is 9. The molecule has 6 unspecified atom stereocenters. The van der Waals surface area contributed by atoms with Gasteiger partial charge >= 0.3 is 17.9 Å². The topological polar surface area (TPSA) is 301 Å². The number of aliphatic carboxylic acids is 3. The number of nitrogens with zero attached hydrogens (tertiary/aromatic N) is 2. The number of unbranched alkanes of at least 4 members (excludes halogenated alkanes) is 1. The number of hydrogen-bond acceptors (Lipinski definition) is 14. The highest BCUT2D eigenvalue weighted by Gasteiger charge is 2.41. The van der Waals surface area contributed by atoms with Gasteiger partial charge < -0.3 is 56.3 Å². The highest BCUT2D eigenvalue weighted by molar-refractivity contribution is 8.76. The predicted octanol–water partition coefficient (Wildman–Crippen LogP) is -1.10. The van der Waals surface area contributed by atoms with Gasteiger partial charge in [0.25, 0.3) is 0 Å². The van der Waals surface area contributed by atoms with Gasteiger partial charge in [-0.1, -0.05) is 21.6 Å². The Bertz CT molecular complexity index is 1390. The zero-order valence-corrected chi connectivity index (χ0v) is 33.8. The third-order valence-electron chi connectivity index (χ3n) is 9.34. The fourth-order valence-electron chi connectivity index (χ4n) is 6.47. The lowest BCUT2D eigenvalue weighted by molar-refractivity contribution is -0.148. The van der Waals surface area contributed by atoms with E-state index in [0.29, 0.717) is 69.5 Å². The van der Waals surface area contributed by atoms with Gasteiger partial charge in [-0.2, -0.15) is 0 Å². The van der Waals surface area contributed by atoms with Gasteiger partial charge in [-0.15, -0.1) is 0 Å². The fourth-order valence-corrected chi connectivity index (χ4v) is 8.40. The Morgan fingerprint density at radius 1 is 0.737 bits per heavy atom. The zero-order chi connectivity index (χ0) is 42.3. The van der Waals surface area contributed by atoms with Crippen LogP contribution >= 0.6 is 21.6 Å². The second-order valence-electron chi connectivity index (χ2n) is 13.7. The quantitative estimate of drug-likeness (QED) is 0.0187. The number of carboxylic acid groups (broad SMARTS) is 3. The van der Waals surface area contributed by atoms with Crippen molar-refractivity contribution in [2.45, 2.75) is 120 Å². The van der Waals surface area contributed by atoms with E-state index in [1.54, 1.807) is 0 Å². The molecule has 0 bridgehead atoms. The Balaban J connectivity index is 2.19. The van der Waals surface area contributed by atoms with Crippen LogP contribution < -0.4 is 26.6 Å². The van der Waals surface area contributed by atoms with Crippen molar-refractivity contribution in [1.29, 1.82) is 0 Å². The summed E-state index contributed by atoms with van der Waals surface area (Å²) in [5, 5.41) is 51.0. The summed E-state index contributed by atoms with van der Waals surface area (Å²) in [5.74, 6) is -7.13. The number of aliphatic hydroxyl groups excluding tert-OH is 1. The van der Waals surface area contributed by atoms with Crippen LogP contribution in [0.2, 0.25) is 0 Å². The number of nitrogens with one attached hydrogen (secondary N) is 5. The first-order chi connectivity index (χ1) is 27.2. The van der Waals surface area contributed by atoms with Crippen molar-refractivity contribution in [3.63, 3.8) is 0 Å². The van der Waals surface area contributed by atoms with Crippen molar-refractivity contribution >= 4 is 75.3 Å². The number of carbonyl (C=O) groups is 9. The molecule has 2 saturated heterocycles. The molecule has 2 rings (SSSR count). The lowest BCUT2D eigenvalue weighted by Crippen LogP contribution is -2.58. The molecule has 20 nitrogen and oxygen atoms in total. The summed E-state index contributed by atoms with van der Waals surface area (Å²) in [7, 11) is 4.76. The normalized spacial score (nSPS) is 18.6. The molecule has 2 aliphatic rings. The Kier molecular flexibility index (Phi) is 23.1. The third-order valence-corrected chi connectivity index (χ3v) is 11.8. The molecule has 0 spiro atoms. The van der Waals surface area contributed by atoms with Crippen LogP contribution in [0.1, 0.15) is 83.5 Å². The molecule has 2 aliphatic heterocycles. The first-order valence-corrected chi connectivity index (χ1v) is 21.6. The van der Waals surface area contributed by atoms with Crippen molar-refractivity contribution in [3.05, 3.63) is 0 Å². The van der Waals surface area contributed by atoms with Crippen LogP contribution in [0.5, 0.6) is 0 Å². The van der Waals surface area contributed by atoms with Crippen LogP contribution in [-0.4, -0.2) is 165 Å². The van der Waals surface area contributed by atoms with Crippen LogP contribution in [-0.2, 0) is 43.2 Å². The molecule has 57 heavy (non-hydrogen) atoms. The molecule has 9 N–H and O–H groups in total. The lowest BCUT2D eigenvalue weighted by atomic mass is 10.1. The van der Waals surface area contributed by atoms with Gasteiger partial charge in [0.15, 0.2) is 0 Å². The van der Waals surface area contributed by atoms with Crippen LogP contribution in [0.3, 0.4) is 0 Å². The second-order valence-corrected chi connectivity index (χ2v) is 16.4. The molecule has 0 aliphatic carbocycles. The minimum Gasteiger partial charge on any atom is -0.481 e. The Morgan fingerprint density at radius 2 is 1.33 bits per heavy atom. The maximum atomic E-state index is 14.2. The summed E-state index contributed by atoms with van der Waals surface area (Å²) in [4.78, 5) is 115. The molecule has 2 fully saturated rings. The molecule has 5 amide bonds. The van der Waals surface area contributed by atoms with E-state index in [2.05, 4.69) is 21.3 Å². The number of likely N-dealkylation sites (tertiary alicyclic amines) is 2. The summed E-state index contributed by atoms with van der Waals surface area (Å²) in [6.07, 6.45) is 2.53. The SMILES string of the molecule is CNCCCC(O)NCCCCC(NC(=O)C1CCCN1C(=O)CCSSCCC=O)C(=O)N1CCCC1C(=O)NC(CC(=O)O)C(=O)NC(CC(=O)O)C(=O)O. The summed E-state index contributed by atoms with van der Waals surface area (Å²) >= 11 is 0. The van der Waals surface area contributed by atoms with Crippen molar-refractivity contribution in [2.75, 3.05) is 44.7 Å². The van der Waals surface area contributed by atoms with Crippen molar-refractivity contribution in [3.8, 4) is 0 Å². The molecule has 0 aromatic heterocycles. The van der Waals surface area contributed by atoms with E-state index < -0.39 is 90.8 Å². The average Bonchev–Trinajstić information content (AvgIpc) is 3.86. The summed E-state index contributed by atoms with van der Waals surface area (Å²) in [5.41, 5.74) is 0. The van der Waals surface area contributed by atoms with Crippen molar-refractivity contribution < 1.29 is 63.6 Å². The van der Waals surface area contributed by atoms with Crippen LogP contribution in [0.25, 0.3) is 0 Å². The number of rotatable bonds is 29. The monoisotopic (exact) mass is 847 g/mol. The van der Waals surface area contributed by atoms with E-state index in [1.165, 1.54) is 31.4 Å². The van der Waals surface area contributed by atoms with Crippen LogP contribution in [0.4, 0.5) is 0 Å². The average molecular weight is 848 g/mol. The summed E-state index contributed by atoms with van der Waals surface area (Å²) < 4.78 is 0. The fraction of sp³-hybridized carbons (Fsp3) is 0.743. The minimum atomic E-state index is -1.91. The standard InChI is InChI=1S/C35H57N7O13S2/c1-36-13-4-11-27(44)37-14-3-2-8-22(38-32(51)25-9-5-15-41(25)28(45)12-19-57-56-18-7-17-43)34(53)42-16-6-10-26(42)33(52)39-23(20-29(46)47)31(50)40-24(35(54)55)21-30(48)49/h17,22-27,36-37,44H,2-16,18-21H2,1H3,(H,38,51)(H,39,52)(H,40,50)(H,46,47)(H,48,49)(H,54,55). The van der Waals surface area contributed by atoms with Crippen molar-refractivity contribution in [2.24, 2.45) is 0 Å². The Morgan fingerprint density at radius 3 is 1.95 bits per heavy atom. The molecule has 22 heteroatoms. The number of carbonyl (C=O) groups excluding carboxylic acids is 6. The first kappa shape index (κ1) is 49.2. The lowest BCUT2D eigenvalue weighted by Gasteiger charge is -2.31. The van der Waals surface area contributed by atoms with Gasteiger partial charge in [-0.3, -0.25) is 38.9 Å². The number of carboxylic acids is 3. The molecule has 0 aromatic carbocycles. The van der Waals surface area contributed by atoms with E-state index >= 15 is 0 Å². The van der Waals surface area contributed by atoms with Crippen LogP contribution in [0, 0.1) is 0 Å². The van der Waals surface area contributed by atoms with E-state index in [9.17, 15) is 58.5 Å². The maximum absolute atomic E-state index is 14.2. The molecular weight excluding hydrogens is 791 g/mol. The molecular formula is C35H57N7O13S2. The largest absolute Gasteiger partial charge is 0.481 e. The predicted molar refractivity (Wildman–Crippen MR) is 209 cm³/mol. The van der Waals surface area contributed by atoms with Gasteiger partial charge in [-0.05, 0) is 77.9 Å². The van der Waals surface area contributed by atoms with Gasteiger partial charge in [0.2, 0.25) is 29.5 Å². The molecule has 2 heterocycles. The number of amides is 5. The minimum absolute atomic E-state index is 0.0930. The van der Waals surface area contributed by atoms with Gasteiger partial charge in [0.1, 0.15) is 42.7 Å². The summed E-state index contributed by atoms with van der Waals surface area (Å²) in [6, 6.07) is -6.84. The molecule has 0 aromatic rings. The zero-order valence-electron chi connectivity index (χ0n) is 32.2. The Hall–Kier alpha value is -3.99. The Labute approximate surface area is 339 Å². The smallest absolute Gasteiger partial charge is 0.326 e. The van der Waals surface area contributed by atoms with Gasteiger partial charge in [0, 0.05) is 37.4 Å². The maximum Gasteiger partial charge on any atom is 0.326 e. The third kappa shape index (κ3) is 18.0. The van der Waals surface area contributed by atoms with E-state index in [-0.39, 0.29) is 31.7 Å². The highest BCUT2D eigenvalue weighted by atomic mass is 33.1. The molecule has 322 valence electrons.